The van der Waals surface area contributed by atoms with E-state index in [0.717, 1.165) is 18.8 Å². The molecule has 1 unspecified atom stereocenters. The maximum atomic E-state index is 5.27. The Kier molecular flexibility index (Phi) is 4.99. The van der Waals surface area contributed by atoms with E-state index in [0.29, 0.717) is 6.04 Å². The standard InChI is InChI=1S/C17H24N2O/c1-13(19(3)10-9-18-2)14-5-6-16-12-17(20-4)8-7-15(16)11-14/h5-8,11-13,18H,9-10H2,1-4H3. The smallest absolute Gasteiger partial charge is 0.119 e. The molecule has 0 bridgehead atoms. The number of nitrogens with one attached hydrogen (secondary N) is 1. The number of hydrogen-bond acceptors (Lipinski definition) is 3. The summed E-state index contributed by atoms with van der Waals surface area (Å²) in [6.07, 6.45) is 0. The van der Waals surface area contributed by atoms with Crippen LogP contribution in [0.1, 0.15) is 18.5 Å². The molecule has 108 valence electrons. The van der Waals surface area contributed by atoms with Gasteiger partial charge in [0.1, 0.15) is 5.75 Å². The zero-order chi connectivity index (χ0) is 14.5. The van der Waals surface area contributed by atoms with Gasteiger partial charge in [-0.1, -0.05) is 18.2 Å². The Balaban J connectivity index is 2.22. The summed E-state index contributed by atoms with van der Waals surface area (Å²) in [5.74, 6) is 0.907. The molecule has 0 aromatic heterocycles. The van der Waals surface area contributed by atoms with Crippen molar-refractivity contribution < 1.29 is 4.74 Å². The minimum atomic E-state index is 0.412. The molecule has 2 aromatic rings. The molecule has 1 atom stereocenters. The lowest BCUT2D eigenvalue weighted by molar-refractivity contribution is 0.263. The molecule has 20 heavy (non-hydrogen) atoms. The quantitative estimate of drug-likeness (QED) is 0.874. The lowest BCUT2D eigenvalue weighted by Crippen LogP contribution is -2.29. The predicted molar refractivity (Wildman–Crippen MR) is 85.5 cm³/mol. The molecule has 0 fully saturated rings. The predicted octanol–water partition coefficient (Wildman–Crippen LogP) is 3.06. The third-order valence-corrected chi connectivity index (χ3v) is 3.93. The largest absolute Gasteiger partial charge is 0.497 e. The van der Waals surface area contributed by atoms with Crippen LogP contribution in [0.2, 0.25) is 0 Å². The van der Waals surface area contributed by atoms with Gasteiger partial charge in [0.25, 0.3) is 0 Å². The number of ether oxygens (including phenoxy) is 1. The molecule has 0 radical (unpaired) electrons. The van der Waals surface area contributed by atoms with Crippen LogP contribution in [0.25, 0.3) is 10.8 Å². The van der Waals surface area contributed by atoms with Gasteiger partial charge in [-0.3, -0.25) is 4.90 Å². The second-order valence-electron chi connectivity index (χ2n) is 5.23. The molecule has 0 aliphatic rings. The molecule has 0 saturated carbocycles. The first-order valence-corrected chi connectivity index (χ1v) is 7.08. The van der Waals surface area contributed by atoms with Crippen LogP contribution in [0.15, 0.2) is 36.4 Å². The minimum absolute atomic E-state index is 0.412. The van der Waals surface area contributed by atoms with Crippen LogP contribution in [0.3, 0.4) is 0 Å². The lowest BCUT2D eigenvalue weighted by atomic mass is 10.0. The lowest BCUT2D eigenvalue weighted by Gasteiger charge is -2.25. The molecule has 0 aliphatic carbocycles. The fraction of sp³-hybridized carbons (Fsp3) is 0.412. The highest BCUT2D eigenvalue weighted by atomic mass is 16.5. The Hall–Kier alpha value is -1.58. The molecule has 0 saturated heterocycles. The molecule has 3 nitrogen and oxygen atoms in total. The SMILES string of the molecule is CNCCN(C)C(C)c1ccc2cc(OC)ccc2c1. The number of fused-ring (bicyclic) bond motifs is 1. The molecular weight excluding hydrogens is 248 g/mol. The minimum Gasteiger partial charge on any atom is -0.497 e. The van der Waals surface area contributed by atoms with E-state index in [9.17, 15) is 0 Å². The first-order chi connectivity index (χ1) is 9.65. The van der Waals surface area contributed by atoms with Crippen molar-refractivity contribution in [2.45, 2.75) is 13.0 Å². The van der Waals surface area contributed by atoms with E-state index >= 15 is 0 Å². The van der Waals surface area contributed by atoms with Gasteiger partial charge in [0, 0.05) is 19.1 Å². The zero-order valence-electron chi connectivity index (χ0n) is 12.8. The highest BCUT2D eigenvalue weighted by Crippen LogP contribution is 2.26. The van der Waals surface area contributed by atoms with Gasteiger partial charge < -0.3 is 10.1 Å². The molecule has 0 amide bonds. The van der Waals surface area contributed by atoms with Gasteiger partial charge in [-0.05, 0) is 55.6 Å². The Bertz CT molecular complexity index is 568. The first-order valence-electron chi connectivity index (χ1n) is 7.08. The monoisotopic (exact) mass is 272 g/mol. The van der Waals surface area contributed by atoms with Gasteiger partial charge in [-0.2, -0.15) is 0 Å². The number of benzene rings is 2. The fourth-order valence-corrected chi connectivity index (χ4v) is 2.37. The summed E-state index contributed by atoms with van der Waals surface area (Å²) in [6.45, 7) is 4.30. The normalized spacial score (nSPS) is 12.8. The van der Waals surface area contributed by atoms with Gasteiger partial charge >= 0.3 is 0 Å². The average molecular weight is 272 g/mol. The van der Waals surface area contributed by atoms with Gasteiger partial charge in [0.2, 0.25) is 0 Å². The van der Waals surface area contributed by atoms with Crippen LogP contribution in [0.4, 0.5) is 0 Å². The molecule has 2 aromatic carbocycles. The molecule has 2 rings (SSSR count). The third kappa shape index (κ3) is 3.30. The average Bonchev–Trinajstić information content (AvgIpc) is 2.50. The summed E-state index contributed by atoms with van der Waals surface area (Å²) in [7, 11) is 5.86. The van der Waals surface area contributed by atoms with Crippen molar-refractivity contribution in [1.82, 2.24) is 10.2 Å². The summed E-state index contributed by atoms with van der Waals surface area (Å²) in [5, 5.41) is 5.67. The van der Waals surface area contributed by atoms with Crippen molar-refractivity contribution in [3.8, 4) is 5.75 Å². The van der Waals surface area contributed by atoms with E-state index in [1.165, 1.54) is 16.3 Å². The topological polar surface area (TPSA) is 24.5 Å². The number of rotatable bonds is 6. The van der Waals surface area contributed by atoms with Crippen molar-refractivity contribution in [1.29, 1.82) is 0 Å². The molecule has 0 spiro atoms. The number of likely N-dealkylation sites (N-methyl/N-ethyl adjacent to an activating group) is 2. The van der Waals surface area contributed by atoms with Crippen molar-refractivity contribution in [3.63, 3.8) is 0 Å². The van der Waals surface area contributed by atoms with Crippen molar-refractivity contribution in [2.75, 3.05) is 34.3 Å². The molecule has 0 heterocycles. The maximum absolute atomic E-state index is 5.27. The van der Waals surface area contributed by atoms with Crippen LogP contribution >= 0.6 is 0 Å². The molecule has 3 heteroatoms. The zero-order valence-corrected chi connectivity index (χ0v) is 12.8. The number of hydrogen-bond donors (Lipinski definition) is 1. The summed E-state index contributed by atoms with van der Waals surface area (Å²) in [6, 6.07) is 13.3. The van der Waals surface area contributed by atoms with Crippen molar-refractivity contribution >= 4 is 10.8 Å². The van der Waals surface area contributed by atoms with Gasteiger partial charge in [0.15, 0.2) is 0 Å². The Labute approximate surface area is 121 Å². The third-order valence-electron chi connectivity index (χ3n) is 3.93. The Morgan fingerprint density at radius 3 is 2.55 bits per heavy atom. The van der Waals surface area contributed by atoms with Crippen LogP contribution in [-0.2, 0) is 0 Å². The van der Waals surface area contributed by atoms with Gasteiger partial charge in [0.05, 0.1) is 7.11 Å². The van der Waals surface area contributed by atoms with E-state index in [-0.39, 0.29) is 0 Å². The summed E-state index contributed by atoms with van der Waals surface area (Å²) < 4.78 is 5.27. The van der Waals surface area contributed by atoms with Crippen molar-refractivity contribution in [3.05, 3.63) is 42.0 Å². The van der Waals surface area contributed by atoms with Crippen LogP contribution in [-0.4, -0.2) is 39.2 Å². The summed E-state index contributed by atoms with van der Waals surface area (Å²) in [4.78, 5) is 2.36. The summed E-state index contributed by atoms with van der Waals surface area (Å²) in [5.41, 5.74) is 1.35. The van der Waals surface area contributed by atoms with Gasteiger partial charge in [-0.15, -0.1) is 0 Å². The second-order valence-corrected chi connectivity index (χ2v) is 5.23. The van der Waals surface area contributed by atoms with E-state index in [4.69, 9.17) is 4.74 Å². The molecule has 0 aliphatic heterocycles. The maximum Gasteiger partial charge on any atom is 0.119 e. The molecular formula is C17H24N2O. The highest BCUT2D eigenvalue weighted by Gasteiger charge is 2.11. The summed E-state index contributed by atoms with van der Waals surface area (Å²) >= 11 is 0. The first kappa shape index (κ1) is 14.8. The number of nitrogens with zero attached hydrogens (tertiary/aromatic N) is 1. The Morgan fingerprint density at radius 2 is 1.85 bits per heavy atom. The fourth-order valence-electron chi connectivity index (χ4n) is 2.37. The van der Waals surface area contributed by atoms with Crippen LogP contribution < -0.4 is 10.1 Å². The Morgan fingerprint density at radius 1 is 1.15 bits per heavy atom. The van der Waals surface area contributed by atoms with E-state index in [1.54, 1.807) is 7.11 Å². The number of methoxy groups -OCH3 is 1. The van der Waals surface area contributed by atoms with Crippen LogP contribution in [0, 0.1) is 0 Å². The van der Waals surface area contributed by atoms with Gasteiger partial charge in [-0.25, -0.2) is 0 Å². The van der Waals surface area contributed by atoms with Crippen LogP contribution in [0.5, 0.6) is 5.75 Å². The van der Waals surface area contributed by atoms with Crippen molar-refractivity contribution in [2.24, 2.45) is 0 Å². The van der Waals surface area contributed by atoms with E-state index in [2.05, 4.69) is 54.5 Å². The highest BCUT2D eigenvalue weighted by molar-refractivity contribution is 5.84. The van der Waals surface area contributed by atoms with E-state index < -0.39 is 0 Å². The second kappa shape index (κ2) is 6.73. The van der Waals surface area contributed by atoms with E-state index in [1.807, 2.05) is 13.1 Å². The molecule has 1 N–H and O–H groups in total.